The Hall–Kier alpha value is -1.07. The van der Waals surface area contributed by atoms with Crippen molar-refractivity contribution >= 4 is 24.0 Å². The molecule has 3 nitrogen and oxygen atoms in total. The van der Waals surface area contributed by atoms with Crippen LogP contribution in [-0.4, -0.2) is 16.4 Å². The van der Waals surface area contributed by atoms with Gasteiger partial charge in [-0.3, -0.25) is 0 Å². The molecule has 0 radical (unpaired) electrons. The molecule has 2 aromatic rings. The van der Waals surface area contributed by atoms with E-state index in [2.05, 4.69) is 10.1 Å². The van der Waals surface area contributed by atoms with Gasteiger partial charge in [0.1, 0.15) is 0 Å². The summed E-state index contributed by atoms with van der Waals surface area (Å²) in [5.41, 5.74) is 0.975. The van der Waals surface area contributed by atoms with Crippen molar-refractivity contribution in [2.24, 2.45) is 0 Å². The highest BCUT2D eigenvalue weighted by Crippen LogP contribution is 2.20. The highest BCUT2D eigenvalue weighted by molar-refractivity contribution is 7.98. The van der Waals surface area contributed by atoms with Gasteiger partial charge in [0.05, 0.1) is 0 Å². The number of rotatable bonds is 2. The summed E-state index contributed by atoms with van der Waals surface area (Å²) in [4.78, 5) is 5.47. The number of benzene rings is 1. The van der Waals surface area contributed by atoms with E-state index in [-0.39, 0.29) is 4.84 Å². The van der Waals surface area contributed by atoms with E-state index in [1.165, 1.54) is 4.90 Å². The van der Waals surface area contributed by atoms with Gasteiger partial charge < -0.3 is 4.52 Å². The molecular formula is C9H8N2OS2. The van der Waals surface area contributed by atoms with Crippen molar-refractivity contribution in [3.63, 3.8) is 0 Å². The van der Waals surface area contributed by atoms with Crippen molar-refractivity contribution in [1.82, 2.24) is 10.1 Å². The predicted molar refractivity (Wildman–Crippen MR) is 58.9 cm³/mol. The van der Waals surface area contributed by atoms with Crippen LogP contribution in [0.4, 0.5) is 0 Å². The van der Waals surface area contributed by atoms with E-state index in [1.807, 2.05) is 30.5 Å². The maximum Gasteiger partial charge on any atom is 0.314 e. The highest BCUT2D eigenvalue weighted by Gasteiger charge is 2.01. The fraction of sp³-hybridized carbons (Fsp3) is 0.111. The normalized spacial score (nSPS) is 10.4. The van der Waals surface area contributed by atoms with Crippen molar-refractivity contribution in [3.8, 4) is 11.4 Å². The fourth-order valence-corrected chi connectivity index (χ4v) is 1.64. The first-order valence-corrected chi connectivity index (χ1v) is 5.63. The van der Waals surface area contributed by atoms with E-state index < -0.39 is 0 Å². The molecule has 72 valence electrons. The molecule has 0 aliphatic carbocycles. The molecule has 0 bridgehead atoms. The number of nitrogens with zero attached hydrogens (tertiary/aromatic N) is 1. The van der Waals surface area contributed by atoms with Gasteiger partial charge in [0.25, 0.3) is 0 Å². The third kappa shape index (κ3) is 1.88. The SMILES string of the molecule is CSc1ccc(-c2nc(=S)o[nH]2)cc1. The number of thioether (sulfide) groups is 1. The minimum Gasteiger partial charge on any atom is -0.348 e. The largest absolute Gasteiger partial charge is 0.348 e. The van der Waals surface area contributed by atoms with Crippen LogP contribution in [0.2, 0.25) is 0 Å². The van der Waals surface area contributed by atoms with Gasteiger partial charge in [0.2, 0.25) is 0 Å². The number of hydrogen-bond acceptors (Lipinski definition) is 4. The number of nitrogens with one attached hydrogen (secondary N) is 1. The molecule has 1 aromatic carbocycles. The quantitative estimate of drug-likeness (QED) is 0.628. The highest BCUT2D eigenvalue weighted by atomic mass is 32.2. The van der Waals surface area contributed by atoms with Crippen LogP contribution >= 0.6 is 24.0 Å². The number of hydrogen-bond donors (Lipinski definition) is 1. The van der Waals surface area contributed by atoms with Crippen molar-refractivity contribution in [3.05, 3.63) is 29.1 Å². The van der Waals surface area contributed by atoms with Crippen molar-refractivity contribution in [2.75, 3.05) is 6.26 Å². The topological polar surface area (TPSA) is 41.8 Å². The summed E-state index contributed by atoms with van der Waals surface area (Å²) in [5.74, 6) is 0.669. The van der Waals surface area contributed by atoms with Crippen LogP contribution in [0.1, 0.15) is 0 Å². The Morgan fingerprint density at radius 2 is 2.07 bits per heavy atom. The van der Waals surface area contributed by atoms with Crippen molar-refractivity contribution in [2.45, 2.75) is 4.90 Å². The molecule has 1 heterocycles. The third-order valence-electron chi connectivity index (χ3n) is 1.80. The Kier molecular flexibility index (Phi) is 2.69. The first-order valence-electron chi connectivity index (χ1n) is 3.99. The summed E-state index contributed by atoms with van der Waals surface area (Å²) in [6.07, 6.45) is 2.04. The molecule has 0 aliphatic rings. The molecule has 2 rings (SSSR count). The molecule has 5 heteroatoms. The molecule has 0 fully saturated rings. The van der Waals surface area contributed by atoms with Crippen LogP contribution in [0.3, 0.4) is 0 Å². The lowest BCUT2D eigenvalue weighted by atomic mass is 10.2. The molecule has 0 unspecified atom stereocenters. The number of aromatic nitrogens is 2. The summed E-state index contributed by atoms with van der Waals surface area (Å²) < 4.78 is 4.85. The lowest BCUT2D eigenvalue weighted by Gasteiger charge is -1.97. The lowest BCUT2D eigenvalue weighted by Crippen LogP contribution is -1.79. The van der Waals surface area contributed by atoms with Gasteiger partial charge in [-0.2, -0.15) is 4.98 Å². The van der Waals surface area contributed by atoms with E-state index in [0.29, 0.717) is 5.82 Å². The van der Waals surface area contributed by atoms with Crippen LogP contribution < -0.4 is 0 Å². The minimum atomic E-state index is 0.231. The van der Waals surface area contributed by atoms with Gasteiger partial charge in [-0.1, -0.05) is 12.1 Å². The zero-order valence-electron chi connectivity index (χ0n) is 7.48. The Balaban J connectivity index is 2.38. The number of aromatic amines is 1. The summed E-state index contributed by atoms with van der Waals surface area (Å²) in [5, 5.41) is 2.66. The van der Waals surface area contributed by atoms with Crippen LogP contribution in [0.15, 0.2) is 33.7 Å². The first kappa shape index (κ1) is 9.48. The van der Waals surface area contributed by atoms with E-state index in [9.17, 15) is 0 Å². The van der Waals surface area contributed by atoms with Crippen LogP contribution in [0.25, 0.3) is 11.4 Å². The molecule has 0 amide bonds. The molecule has 1 N–H and O–H groups in total. The maximum atomic E-state index is 4.85. The van der Waals surface area contributed by atoms with Crippen LogP contribution in [-0.2, 0) is 0 Å². The second kappa shape index (κ2) is 3.98. The Morgan fingerprint density at radius 3 is 2.57 bits per heavy atom. The van der Waals surface area contributed by atoms with E-state index in [0.717, 1.165) is 5.56 Å². The van der Waals surface area contributed by atoms with Crippen molar-refractivity contribution in [1.29, 1.82) is 0 Å². The van der Waals surface area contributed by atoms with Crippen molar-refractivity contribution < 1.29 is 4.52 Å². The number of H-pyrrole nitrogens is 1. The molecule has 0 atom stereocenters. The fourth-order valence-electron chi connectivity index (χ4n) is 1.10. The molecule has 0 aliphatic heterocycles. The second-order valence-corrected chi connectivity index (χ2v) is 3.89. The predicted octanol–water partition coefficient (Wildman–Crippen LogP) is 3.12. The average molecular weight is 224 g/mol. The second-order valence-electron chi connectivity index (χ2n) is 2.66. The molecule has 0 saturated carbocycles. The lowest BCUT2D eigenvalue weighted by molar-refractivity contribution is 0.406. The summed E-state index contributed by atoms with van der Waals surface area (Å²) in [6, 6.07) is 8.03. The summed E-state index contributed by atoms with van der Waals surface area (Å²) in [6.45, 7) is 0. The Morgan fingerprint density at radius 1 is 1.36 bits per heavy atom. The Bertz CT molecular complexity index is 472. The maximum absolute atomic E-state index is 4.85. The molecule has 0 saturated heterocycles. The van der Waals surface area contributed by atoms with Gasteiger partial charge in [0, 0.05) is 10.5 Å². The van der Waals surface area contributed by atoms with Gasteiger partial charge >= 0.3 is 4.84 Å². The zero-order chi connectivity index (χ0) is 9.97. The zero-order valence-corrected chi connectivity index (χ0v) is 9.11. The van der Waals surface area contributed by atoms with Crippen LogP contribution in [0, 0.1) is 4.84 Å². The first-order chi connectivity index (χ1) is 6.79. The van der Waals surface area contributed by atoms with Gasteiger partial charge in [-0.05, 0) is 30.6 Å². The molecule has 14 heavy (non-hydrogen) atoms. The van der Waals surface area contributed by atoms with E-state index in [4.69, 9.17) is 16.7 Å². The third-order valence-corrected chi connectivity index (χ3v) is 2.72. The smallest absolute Gasteiger partial charge is 0.314 e. The van der Waals surface area contributed by atoms with Gasteiger partial charge in [-0.15, -0.1) is 11.8 Å². The van der Waals surface area contributed by atoms with E-state index >= 15 is 0 Å². The molecular weight excluding hydrogens is 216 g/mol. The molecule has 0 spiro atoms. The van der Waals surface area contributed by atoms with E-state index in [1.54, 1.807) is 11.8 Å². The summed E-state index contributed by atoms with van der Waals surface area (Å²) in [7, 11) is 0. The average Bonchev–Trinajstić information content (AvgIpc) is 2.65. The standard InChI is InChI=1S/C9H8N2OS2/c1-14-7-4-2-6(3-5-7)8-10-9(13)12-11-8/h2-5H,1H3,(H,10,11,13). The van der Waals surface area contributed by atoms with Gasteiger partial charge in [0.15, 0.2) is 5.82 Å². The molecule has 1 aromatic heterocycles. The van der Waals surface area contributed by atoms with Crippen LogP contribution in [0.5, 0.6) is 0 Å². The Labute approximate surface area is 90.5 Å². The minimum absolute atomic E-state index is 0.231. The van der Waals surface area contributed by atoms with Gasteiger partial charge in [-0.25, -0.2) is 5.16 Å². The summed E-state index contributed by atoms with van der Waals surface area (Å²) >= 11 is 6.47. The monoisotopic (exact) mass is 224 g/mol.